The lowest BCUT2D eigenvalue weighted by molar-refractivity contribution is -0.141. The van der Waals surface area contributed by atoms with Gasteiger partial charge in [-0.25, -0.2) is 0 Å². The van der Waals surface area contributed by atoms with E-state index in [9.17, 15) is 4.79 Å². The maximum Gasteiger partial charge on any atom is 0.227 e. The molecule has 1 heterocycles. The molecule has 2 unspecified atom stereocenters. The first-order valence-electron chi connectivity index (χ1n) is 6.76. The molecular formula is C14H28N2O. The Hall–Kier alpha value is -0.570. The highest BCUT2D eigenvalue weighted by Crippen LogP contribution is 2.26. The second-order valence-corrected chi connectivity index (χ2v) is 6.84. The van der Waals surface area contributed by atoms with Crippen molar-refractivity contribution in [3.05, 3.63) is 0 Å². The molecule has 0 bridgehead atoms. The number of hydrogen-bond acceptors (Lipinski definition) is 2. The predicted octanol–water partition coefficient (Wildman–Crippen LogP) is 2.25. The van der Waals surface area contributed by atoms with Gasteiger partial charge in [-0.3, -0.25) is 4.79 Å². The molecule has 1 aliphatic heterocycles. The van der Waals surface area contributed by atoms with Crippen LogP contribution in [0.15, 0.2) is 0 Å². The Morgan fingerprint density at radius 3 is 2.41 bits per heavy atom. The lowest BCUT2D eigenvalue weighted by Crippen LogP contribution is -2.53. The Bertz CT molecular complexity index is 268. The monoisotopic (exact) mass is 240 g/mol. The molecule has 2 atom stereocenters. The summed E-state index contributed by atoms with van der Waals surface area (Å²) < 4.78 is 0. The van der Waals surface area contributed by atoms with Gasteiger partial charge in [0.05, 0.1) is 0 Å². The molecular weight excluding hydrogens is 212 g/mol. The normalized spacial score (nSPS) is 26.4. The summed E-state index contributed by atoms with van der Waals surface area (Å²) in [4.78, 5) is 14.1. The van der Waals surface area contributed by atoms with Crippen LogP contribution in [-0.4, -0.2) is 29.9 Å². The fourth-order valence-electron chi connectivity index (χ4n) is 2.59. The number of carbonyl (C=O) groups excluding carboxylic acids is 1. The third-order valence-electron chi connectivity index (χ3n) is 3.51. The Kier molecular flexibility index (Phi) is 4.59. The standard InChI is InChI=1S/C14H28N2O/c1-10(2)8-11-6-7-16(9-12(11)15)13(17)14(3,4)5/h10-12H,6-9,15H2,1-5H3. The van der Waals surface area contributed by atoms with Gasteiger partial charge in [0.1, 0.15) is 0 Å². The highest BCUT2D eigenvalue weighted by molar-refractivity contribution is 5.81. The van der Waals surface area contributed by atoms with E-state index >= 15 is 0 Å². The Morgan fingerprint density at radius 1 is 1.41 bits per heavy atom. The topological polar surface area (TPSA) is 46.3 Å². The van der Waals surface area contributed by atoms with Crippen LogP contribution >= 0.6 is 0 Å². The predicted molar refractivity (Wildman–Crippen MR) is 71.6 cm³/mol. The second kappa shape index (κ2) is 5.38. The summed E-state index contributed by atoms with van der Waals surface area (Å²) in [5.74, 6) is 1.51. The van der Waals surface area contributed by atoms with E-state index in [1.165, 1.54) is 6.42 Å². The Labute approximate surface area is 106 Å². The molecule has 0 spiro atoms. The van der Waals surface area contributed by atoms with Crippen molar-refractivity contribution in [1.29, 1.82) is 0 Å². The van der Waals surface area contributed by atoms with Gasteiger partial charge in [0.15, 0.2) is 0 Å². The lowest BCUT2D eigenvalue weighted by Gasteiger charge is -2.40. The molecule has 1 aliphatic rings. The first kappa shape index (κ1) is 14.5. The van der Waals surface area contributed by atoms with Gasteiger partial charge in [0.25, 0.3) is 0 Å². The van der Waals surface area contributed by atoms with E-state index in [-0.39, 0.29) is 17.4 Å². The summed E-state index contributed by atoms with van der Waals surface area (Å²) in [6.07, 6.45) is 2.24. The zero-order valence-electron chi connectivity index (χ0n) is 12.0. The van der Waals surface area contributed by atoms with E-state index < -0.39 is 0 Å². The highest BCUT2D eigenvalue weighted by atomic mass is 16.2. The van der Waals surface area contributed by atoms with Gasteiger partial charge < -0.3 is 10.6 Å². The minimum Gasteiger partial charge on any atom is -0.341 e. The molecule has 0 aromatic rings. The fourth-order valence-corrected chi connectivity index (χ4v) is 2.59. The largest absolute Gasteiger partial charge is 0.341 e. The maximum atomic E-state index is 12.2. The van der Waals surface area contributed by atoms with Crippen molar-refractivity contribution in [2.24, 2.45) is 23.0 Å². The molecule has 0 aliphatic carbocycles. The van der Waals surface area contributed by atoms with Crippen molar-refractivity contribution in [1.82, 2.24) is 4.90 Å². The zero-order chi connectivity index (χ0) is 13.2. The first-order chi connectivity index (χ1) is 7.71. The van der Waals surface area contributed by atoms with Gasteiger partial charge in [-0.05, 0) is 24.7 Å². The van der Waals surface area contributed by atoms with Gasteiger partial charge in [-0.15, -0.1) is 0 Å². The SMILES string of the molecule is CC(C)CC1CCN(C(=O)C(C)(C)C)CC1N. The summed E-state index contributed by atoms with van der Waals surface area (Å²) >= 11 is 0. The molecule has 1 amide bonds. The number of nitrogens with zero attached hydrogens (tertiary/aromatic N) is 1. The van der Waals surface area contributed by atoms with Crippen molar-refractivity contribution in [3.8, 4) is 0 Å². The van der Waals surface area contributed by atoms with Crippen LogP contribution in [0.2, 0.25) is 0 Å². The van der Waals surface area contributed by atoms with Crippen LogP contribution in [0.1, 0.15) is 47.5 Å². The molecule has 0 aromatic heterocycles. The summed E-state index contributed by atoms with van der Waals surface area (Å²) in [5, 5.41) is 0. The third-order valence-corrected chi connectivity index (χ3v) is 3.51. The van der Waals surface area contributed by atoms with E-state index in [1.54, 1.807) is 0 Å². The molecule has 3 nitrogen and oxygen atoms in total. The summed E-state index contributed by atoms with van der Waals surface area (Å²) in [7, 11) is 0. The van der Waals surface area contributed by atoms with Crippen molar-refractivity contribution >= 4 is 5.91 Å². The van der Waals surface area contributed by atoms with Crippen molar-refractivity contribution in [2.45, 2.75) is 53.5 Å². The fraction of sp³-hybridized carbons (Fsp3) is 0.929. The minimum atomic E-state index is -0.287. The Balaban J connectivity index is 2.55. The van der Waals surface area contributed by atoms with Crippen LogP contribution in [0, 0.1) is 17.3 Å². The number of nitrogens with two attached hydrogens (primary N) is 1. The molecule has 1 rings (SSSR count). The van der Waals surface area contributed by atoms with Gasteiger partial charge in [-0.2, -0.15) is 0 Å². The number of carbonyl (C=O) groups is 1. The average Bonchev–Trinajstić information content (AvgIpc) is 2.18. The van der Waals surface area contributed by atoms with Gasteiger partial charge >= 0.3 is 0 Å². The highest BCUT2D eigenvalue weighted by Gasteiger charge is 2.33. The molecule has 0 aromatic carbocycles. The van der Waals surface area contributed by atoms with Crippen LogP contribution in [0.3, 0.4) is 0 Å². The second-order valence-electron chi connectivity index (χ2n) is 6.84. The Morgan fingerprint density at radius 2 is 2.00 bits per heavy atom. The summed E-state index contributed by atoms with van der Waals surface area (Å²) in [6.45, 7) is 12.0. The number of rotatable bonds is 2. The van der Waals surface area contributed by atoms with Gasteiger partial charge in [0.2, 0.25) is 5.91 Å². The van der Waals surface area contributed by atoms with Crippen LogP contribution in [0.5, 0.6) is 0 Å². The van der Waals surface area contributed by atoms with E-state index in [2.05, 4.69) is 13.8 Å². The van der Waals surface area contributed by atoms with Crippen molar-refractivity contribution < 1.29 is 4.79 Å². The van der Waals surface area contributed by atoms with Gasteiger partial charge in [-0.1, -0.05) is 34.6 Å². The molecule has 1 saturated heterocycles. The number of likely N-dealkylation sites (tertiary alicyclic amines) is 1. The molecule has 3 heteroatoms. The van der Waals surface area contributed by atoms with Gasteiger partial charge in [0, 0.05) is 24.5 Å². The van der Waals surface area contributed by atoms with E-state index in [0.29, 0.717) is 11.8 Å². The molecule has 17 heavy (non-hydrogen) atoms. The molecule has 2 N–H and O–H groups in total. The molecule has 0 radical (unpaired) electrons. The maximum absolute atomic E-state index is 12.2. The third kappa shape index (κ3) is 3.98. The number of piperidine rings is 1. The van der Waals surface area contributed by atoms with Crippen molar-refractivity contribution in [3.63, 3.8) is 0 Å². The zero-order valence-corrected chi connectivity index (χ0v) is 12.0. The molecule has 0 saturated carbocycles. The quantitative estimate of drug-likeness (QED) is 0.804. The average molecular weight is 240 g/mol. The van der Waals surface area contributed by atoms with E-state index in [0.717, 1.165) is 19.5 Å². The molecule has 1 fully saturated rings. The van der Waals surface area contributed by atoms with Crippen LogP contribution in [-0.2, 0) is 4.79 Å². The first-order valence-corrected chi connectivity index (χ1v) is 6.76. The summed E-state index contributed by atoms with van der Waals surface area (Å²) in [6, 6.07) is 0.150. The smallest absolute Gasteiger partial charge is 0.227 e. The number of hydrogen-bond donors (Lipinski definition) is 1. The summed E-state index contributed by atoms with van der Waals surface area (Å²) in [5.41, 5.74) is 5.92. The van der Waals surface area contributed by atoms with Crippen molar-refractivity contribution in [2.75, 3.05) is 13.1 Å². The van der Waals surface area contributed by atoms with Crippen LogP contribution in [0.4, 0.5) is 0 Å². The number of amides is 1. The van der Waals surface area contributed by atoms with Crippen LogP contribution < -0.4 is 5.73 Å². The van der Waals surface area contributed by atoms with E-state index in [4.69, 9.17) is 5.73 Å². The van der Waals surface area contributed by atoms with Crippen LogP contribution in [0.25, 0.3) is 0 Å². The minimum absolute atomic E-state index is 0.150. The van der Waals surface area contributed by atoms with E-state index in [1.807, 2.05) is 25.7 Å². The molecule has 100 valence electrons. The lowest BCUT2D eigenvalue weighted by atomic mass is 9.84.